The molecule has 0 amide bonds. The fourth-order valence-corrected chi connectivity index (χ4v) is 1.20. The van der Waals surface area contributed by atoms with Crippen LogP contribution in [-0.2, 0) is 5.54 Å². The molecule has 0 unspecified atom stereocenters. The first kappa shape index (κ1) is 7.55. The number of aromatic nitrogens is 1. The van der Waals surface area contributed by atoms with Crippen molar-refractivity contribution < 1.29 is 4.74 Å². The number of hydrogen-bond acceptors (Lipinski definition) is 3. The van der Waals surface area contributed by atoms with Crippen LogP contribution in [0.4, 0.5) is 0 Å². The highest BCUT2D eigenvalue weighted by atomic mass is 16.5. The van der Waals surface area contributed by atoms with Crippen molar-refractivity contribution in [3.8, 4) is 5.75 Å². The third-order valence-electron chi connectivity index (χ3n) is 2.27. The number of pyridine rings is 1. The molecule has 0 aliphatic heterocycles. The number of methoxy groups -OCH3 is 1. The molecule has 3 nitrogen and oxygen atoms in total. The zero-order valence-electron chi connectivity index (χ0n) is 7.08. The van der Waals surface area contributed by atoms with Crippen molar-refractivity contribution in [2.75, 3.05) is 7.11 Å². The van der Waals surface area contributed by atoms with Crippen molar-refractivity contribution in [2.45, 2.75) is 18.4 Å². The quantitative estimate of drug-likeness (QED) is 0.710. The summed E-state index contributed by atoms with van der Waals surface area (Å²) in [6.07, 6.45) is 3.81. The Bertz CT molecular complexity index is 294. The molecule has 2 rings (SSSR count). The van der Waals surface area contributed by atoms with E-state index in [1.165, 1.54) is 0 Å². The molecule has 64 valence electrons. The number of nitrogens with zero attached hydrogens (tertiary/aromatic N) is 1. The monoisotopic (exact) mass is 164 g/mol. The number of hydrogen-bond donors (Lipinski definition) is 1. The second-order valence-electron chi connectivity index (χ2n) is 3.24. The molecule has 1 aromatic rings. The lowest BCUT2D eigenvalue weighted by atomic mass is 10.2. The Balaban J connectivity index is 2.32. The Kier molecular flexibility index (Phi) is 1.54. The summed E-state index contributed by atoms with van der Waals surface area (Å²) in [7, 11) is 1.65. The van der Waals surface area contributed by atoms with Crippen molar-refractivity contribution in [3.63, 3.8) is 0 Å². The molecule has 1 saturated carbocycles. The van der Waals surface area contributed by atoms with Crippen LogP contribution >= 0.6 is 0 Å². The summed E-state index contributed by atoms with van der Waals surface area (Å²) in [4.78, 5) is 4.22. The molecule has 12 heavy (non-hydrogen) atoms. The van der Waals surface area contributed by atoms with Crippen molar-refractivity contribution in [2.24, 2.45) is 5.73 Å². The highest BCUT2D eigenvalue weighted by Crippen LogP contribution is 2.42. The van der Waals surface area contributed by atoms with Crippen molar-refractivity contribution in [1.82, 2.24) is 4.98 Å². The molecule has 0 saturated heterocycles. The summed E-state index contributed by atoms with van der Waals surface area (Å²) in [6.45, 7) is 0. The maximum Gasteiger partial charge on any atom is 0.122 e. The Morgan fingerprint density at radius 3 is 2.92 bits per heavy atom. The van der Waals surface area contributed by atoms with Gasteiger partial charge in [0.05, 0.1) is 18.3 Å². The second kappa shape index (κ2) is 2.45. The smallest absolute Gasteiger partial charge is 0.122 e. The van der Waals surface area contributed by atoms with Crippen LogP contribution in [0.3, 0.4) is 0 Å². The molecule has 0 bridgehead atoms. The van der Waals surface area contributed by atoms with Crippen LogP contribution in [0, 0.1) is 0 Å². The van der Waals surface area contributed by atoms with E-state index in [9.17, 15) is 0 Å². The van der Waals surface area contributed by atoms with Gasteiger partial charge in [-0.25, -0.2) is 0 Å². The first-order chi connectivity index (χ1) is 5.74. The third kappa shape index (κ3) is 1.16. The minimum absolute atomic E-state index is 0.158. The average molecular weight is 164 g/mol. The maximum atomic E-state index is 5.97. The van der Waals surface area contributed by atoms with Gasteiger partial charge in [-0.15, -0.1) is 0 Å². The van der Waals surface area contributed by atoms with Gasteiger partial charge in [0.1, 0.15) is 5.75 Å². The van der Waals surface area contributed by atoms with Crippen LogP contribution in [0.2, 0.25) is 0 Å². The lowest BCUT2D eigenvalue weighted by Crippen LogP contribution is -2.20. The SMILES string of the molecule is COc1ccnc(C2(N)CC2)c1. The predicted molar refractivity (Wildman–Crippen MR) is 45.9 cm³/mol. The zero-order chi connectivity index (χ0) is 8.60. The molecule has 0 atom stereocenters. The average Bonchev–Trinajstić information content (AvgIpc) is 2.85. The normalized spacial score (nSPS) is 18.8. The van der Waals surface area contributed by atoms with Gasteiger partial charge < -0.3 is 10.5 Å². The van der Waals surface area contributed by atoms with Gasteiger partial charge in [-0.05, 0) is 18.9 Å². The fourth-order valence-electron chi connectivity index (χ4n) is 1.20. The largest absolute Gasteiger partial charge is 0.497 e. The van der Waals surface area contributed by atoms with Crippen molar-refractivity contribution >= 4 is 0 Å². The molecule has 0 radical (unpaired) electrons. The first-order valence-electron chi connectivity index (χ1n) is 4.04. The molecular formula is C9H12N2O. The van der Waals surface area contributed by atoms with Crippen molar-refractivity contribution in [1.29, 1.82) is 0 Å². The van der Waals surface area contributed by atoms with Crippen LogP contribution in [0.1, 0.15) is 18.5 Å². The summed E-state index contributed by atoms with van der Waals surface area (Å²) >= 11 is 0. The van der Waals surface area contributed by atoms with Gasteiger partial charge in [0.2, 0.25) is 0 Å². The van der Waals surface area contributed by atoms with Crippen LogP contribution in [-0.4, -0.2) is 12.1 Å². The van der Waals surface area contributed by atoms with Gasteiger partial charge >= 0.3 is 0 Å². The maximum absolute atomic E-state index is 5.97. The van der Waals surface area contributed by atoms with E-state index < -0.39 is 0 Å². The Morgan fingerprint density at radius 2 is 2.33 bits per heavy atom. The van der Waals surface area contributed by atoms with Gasteiger partial charge in [-0.2, -0.15) is 0 Å². The predicted octanol–water partition coefficient (Wildman–Crippen LogP) is 1.04. The van der Waals surface area contributed by atoms with Gasteiger partial charge in [-0.3, -0.25) is 4.98 Å². The van der Waals surface area contributed by atoms with E-state index in [0.29, 0.717) is 0 Å². The lowest BCUT2D eigenvalue weighted by molar-refractivity contribution is 0.412. The number of rotatable bonds is 2. The lowest BCUT2D eigenvalue weighted by Gasteiger charge is -2.08. The van der Waals surface area contributed by atoms with Crippen LogP contribution in [0.15, 0.2) is 18.3 Å². The highest BCUT2D eigenvalue weighted by molar-refractivity contribution is 5.30. The molecule has 1 heterocycles. The molecule has 3 heteroatoms. The van der Waals surface area contributed by atoms with E-state index in [2.05, 4.69) is 4.98 Å². The highest BCUT2D eigenvalue weighted by Gasteiger charge is 2.41. The summed E-state index contributed by atoms with van der Waals surface area (Å²) < 4.78 is 5.08. The fraction of sp³-hybridized carbons (Fsp3) is 0.444. The first-order valence-corrected chi connectivity index (χ1v) is 4.04. The summed E-state index contributed by atoms with van der Waals surface area (Å²) in [6, 6.07) is 3.74. The van der Waals surface area contributed by atoms with E-state index in [4.69, 9.17) is 10.5 Å². The molecule has 1 aliphatic carbocycles. The number of ether oxygens (including phenoxy) is 1. The minimum Gasteiger partial charge on any atom is -0.497 e. The molecule has 0 spiro atoms. The van der Waals surface area contributed by atoms with E-state index in [0.717, 1.165) is 24.3 Å². The van der Waals surface area contributed by atoms with Crippen LogP contribution in [0.5, 0.6) is 5.75 Å². The van der Waals surface area contributed by atoms with Gasteiger partial charge in [-0.1, -0.05) is 0 Å². The van der Waals surface area contributed by atoms with Gasteiger partial charge in [0.15, 0.2) is 0 Å². The second-order valence-corrected chi connectivity index (χ2v) is 3.24. The van der Waals surface area contributed by atoms with Gasteiger partial charge in [0.25, 0.3) is 0 Å². The molecular weight excluding hydrogens is 152 g/mol. The standard InChI is InChI=1S/C9H12N2O/c1-12-7-2-5-11-8(6-7)9(10)3-4-9/h2,5-6H,3-4,10H2,1H3. The topological polar surface area (TPSA) is 48.1 Å². The van der Waals surface area contributed by atoms with E-state index in [1.807, 2.05) is 12.1 Å². The van der Waals surface area contributed by atoms with Crippen molar-refractivity contribution in [3.05, 3.63) is 24.0 Å². The minimum atomic E-state index is -0.158. The van der Waals surface area contributed by atoms with Crippen LogP contribution in [0.25, 0.3) is 0 Å². The molecule has 1 aromatic heterocycles. The Hall–Kier alpha value is -1.09. The van der Waals surface area contributed by atoms with E-state index >= 15 is 0 Å². The van der Waals surface area contributed by atoms with Gasteiger partial charge in [0, 0.05) is 12.3 Å². The molecule has 2 N–H and O–H groups in total. The Morgan fingerprint density at radius 1 is 1.58 bits per heavy atom. The van der Waals surface area contributed by atoms with E-state index in [-0.39, 0.29) is 5.54 Å². The van der Waals surface area contributed by atoms with E-state index in [1.54, 1.807) is 13.3 Å². The zero-order valence-corrected chi connectivity index (χ0v) is 7.08. The molecule has 1 fully saturated rings. The summed E-state index contributed by atoms with van der Waals surface area (Å²) in [5, 5.41) is 0. The third-order valence-corrected chi connectivity index (χ3v) is 2.27. The molecule has 1 aliphatic rings. The van der Waals surface area contributed by atoms with Crippen LogP contribution < -0.4 is 10.5 Å². The summed E-state index contributed by atoms with van der Waals surface area (Å²) in [5.41, 5.74) is 6.76. The number of nitrogens with two attached hydrogens (primary N) is 1. The summed E-state index contributed by atoms with van der Waals surface area (Å²) in [5.74, 6) is 0.830. The molecule has 0 aromatic carbocycles. The Labute approximate surface area is 71.6 Å².